The molecule has 0 radical (unpaired) electrons. The molecule has 2 fully saturated rings. The number of amides is 1. The molecule has 2 aliphatic rings. The normalized spacial score (nSPS) is 20.5. The van der Waals surface area contributed by atoms with Crippen LogP contribution in [0.25, 0.3) is 10.8 Å². The van der Waals surface area contributed by atoms with Gasteiger partial charge in [0.2, 0.25) is 24.2 Å². The number of rotatable bonds is 8. The number of aromatic nitrogens is 4. The van der Waals surface area contributed by atoms with Crippen molar-refractivity contribution in [3.8, 4) is 5.88 Å². The fourth-order valence-corrected chi connectivity index (χ4v) is 4.18. The Labute approximate surface area is 197 Å². The number of hydrogen-bond acceptors (Lipinski definition) is 6. The third-order valence-electron chi connectivity index (χ3n) is 6.28. The number of carbonyl (C=O) groups excluding carboxylic acids is 1. The van der Waals surface area contributed by atoms with Crippen LogP contribution in [0.2, 0.25) is 0 Å². The summed E-state index contributed by atoms with van der Waals surface area (Å²) in [5, 5.41) is 7.02. The monoisotopic (exact) mass is 493 g/mol. The molecule has 8 nitrogen and oxygen atoms in total. The van der Waals surface area contributed by atoms with Crippen molar-refractivity contribution in [1.29, 1.82) is 0 Å². The van der Waals surface area contributed by atoms with E-state index in [0.717, 1.165) is 17.1 Å². The number of nitrogens with one attached hydrogen (secondary N) is 1. The molecule has 2 saturated carbocycles. The Morgan fingerprint density at radius 2 is 1.94 bits per heavy atom. The van der Waals surface area contributed by atoms with Gasteiger partial charge in [0.05, 0.1) is 23.2 Å². The van der Waals surface area contributed by atoms with E-state index in [-0.39, 0.29) is 37.1 Å². The van der Waals surface area contributed by atoms with Crippen molar-refractivity contribution in [2.24, 2.45) is 5.92 Å². The van der Waals surface area contributed by atoms with Crippen LogP contribution in [0.15, 0.2) is 35.4 Å². The van der Waals surface area contributed by atoms with E-state index in [2.05, 4.69) is 20.4 Å². The quantitative estimate of drug-likeness (QED) is 0.477. The van der Waals surface area contributed by atoms with Crippen LogP contribution in [-0.2, 0) is 17.0 Å². The van der Waals surface area contributed by atoms with Crippen molar-refractivity contribution >= 4 is 22.6 Å². The second-order valence-corrected chi connectivity index (χ2v) is 8.97. The number of alkyl halides is 3. The molecule has 0 unspecified atom stereocenters. The van der Waals surface area contributed by atoms with Gasteiger partial charge in [-0.05, 0) is 49.3 Å². The Hall–Kier alpha value is -3.57. The van der Waals surface area contributed by atoms with Crippen molar-refractivity contribution in [1.82, 2.24) is 19.7 Å². The zero-order valence-corrected chi connectivity index (χ0v) is 18.4. The molecule has 2 aromatic heterocycles. The molecule has 1 amide bonds. The van der Waals surface area contributed by atoms with Crippen LogP contribution in [0.5, 0.6) is 5.88 Å². The third kappa shape index (κ3) is 4.96. The van der Waals surface area contributed by atoms with Crippen molar-refractivity contribution in [3.63, 3.8) is 0 Å². The average molecular weight is 493 g/mol. The van der Waals surface area contributed by atoms with E-state index in [0.29, 0.717) is 36.6 Å². The Morgan fingerprint density at radius 1 is 1.23 bits per heavy atom. The van der Waals surface area contributed by atoms with Crippen molar-refractivity contribution in [2.75, 3.05) is 5.32 Å². The molecular formula is C23H23F4N5O3. The first-order valence-electron chi connectivity index (χ1n) is 11.2. The molecule has 0 atom stereocenters. The highest BCUT2D eigenvalue weighted by atomic mass is 19.3. The Morgan fingerprint density at radius 3 is 2.60 bits per heavy atom. The first-order valence-corrected chi connectivity index (χ1v) is 11.2. The molecule has 2 aliphatic carbocycles. The van der Waals surface area contributed by atoms with E-state index in [1.54, 1.807) is 0 Å². The summed E-state index contributed by atoms with van der Waals surface area (Å²) in [5.41, 5.74) is -1.64. The maximum atomic E-state index is 14.7. The van der Waals surface area contributed by atoms with Gasteiger partial charge < -0.3 is 4.74 Å². The van der Waals surface area contributed by atoms with Gasteiger partial charge in [0.15, 0.2) is 5.82 Å². The van der Waals surface area contributed by atoms with Gasteiger partial charge in [0.25, 0.3) is 5.56 Å². The molecule has 0 bridgehead atoms. The highest BCUT2D eigenvalue weighted by Gasteiger charge is 2.45. The molecule has 0 aliphatic heterocycles. The van der Waals surface area contributed by atoms with E-state index >= 15 is 0 Å². The molecule has 0 saturated heterocycles. The number of halogens is 4. The minimum atomic E-state index is -2.40. The summed E-state index contributed by atoms with van der Waals surface area (Å²) in [4.78, 5) is 32.8. The summed E-state index contributed by atoms with van der Waals surface area (Å²) >= 11 is 0. The molecule has 35 heavy (non-hydrogen) atoms. The van der Waals surface area contributed by atoms with Crippen molar-refractivity contribution in [2.45, 2.75) is 56.8 Å². The lowest BCUT2D eigenvalue weighted by Crippen LogP contribution is -2.36. The van der Waals surface area contributed by atoms with Crippen LogP contribution in [0.1, 0.15) is 39.1 Å². The number of carbonyl (C=O) groups is 1. The van der Waals surface area contributed by atoms with Gasteiger partial charge >= 0.3 is 0 Å². The van der Waals surface area contributed by atoms with E-state index in [4.69, 9.17) is 4.74 Å². The van der Waals surface area contributed by atoms with Gasteiger partial charge in [0, 0.05) is 7.85 Å². The van der Waals surface area contributed by atoms with Crippen LogP contribution < -0.4 is 15.6 Å². The maximum absolute atomic E-state index is 14.7. The van der Waals surface area contributed by atoms with Crippen LogP contribution >= 0.6 is 0 Å². The molecule has 5 rings (SSSR count). The van der Waals surface area contributed by atoms with Gasteiger partial charge in [-0.3, -0.25) is 14.9 Å². The van der Waals surface area contributed by atoms with Crippen LogP contribution in [0, 0.1) is 11.7 Å². The van der Waals surface area contributed by atoms with Gasteiger partial charge in [-0.25, -0.2) is 32.2 Å². The van der Waals surface area contributed by atoms with Crippen molar-refractivity contribution in [3.05, 3.63) is 52.3 Å². The fraction of sp³-hybridized carbons (Fsp3) is 0.435. The summed E-state index contributed by atoms with van der Waals surface area (Å²) in [5.74, 6) is -1.66. The second kappa shape index (κ2) is 8.90. The zero-order valence-electron chi connectivity index (χ0n) is 18.4. The largest absolute Gasteiger partial charge is 0.473 e. The summed E-state index contributed by atoms with van der Waals surface area (Å²) < 4.78 is 59.8. The molecule has 0 spiro atoms. The predicted molar refractivity (Wildman–Crippen MR) is 119 cm³/mol. The molecular weight excluding hydrogens is 470 g/mol. The van der Waals surface area contributed by atoms with Gasteiger partial charge in [-0.1, -0.05) is 6.07 Å². The molecule has 2 heterocycles. The van der Waals surface area contributed by atoms with Gasteiger partial charge in [0.1, 0.15) is 18.3 Å². The first-order chi connectivity index (χ1) is 16.7. The van der Waals surface area contributed by atoms with E-state index < -0.39 is 35.9 Å². The highest BCUT2D eigenvalue weighted by Crippen LogP contribution is 2.50. The fourth-order valence-electron chi connectivity index (χ4n) is 4.18. The molecule has 3 aromatic rings. The summed E-state index contributed by atoms with van der Waals surface area (Å²) in [6.07, 6.45) is 0.328. The van der Waals surface area contributed by atoms with Gasteiger partial charge in [-0.2, -0.15) is 0 Å². The Bertz CT molecular complexity index is 1330. The first kappa shape index (κ1) is 23.2. The molecule has 186 valence electrons. The van der Waals surface area contributed by atoms with E-state index in [1.165, 1.54) is 18.2 Å². The number of fused-ring (bicyclic) bond motifs is 1. The van der Waals surface area contributed by atoms with Crippen LogP contribution in [0.4, 0.5) is 23.5 Å². The third-order valence-corrected chi connectivity index (χ3v) is 6.28. The number of nitrogens with zero attached hydrogens (tertiary/aromatic N) is 4. The average Bonchev–Trinajstić information content (AvgIpc) is 3.54. The number of benzene rings is 1. The standard InChI is InChI=1S/C23H21F4N5O3.H2/c24-14-9-28-22(29-10-14)30-19(33)11-32-21(34)16-2-1-13(23(27)3-4-23)8-17(16)20(31-32)35-15-5-12(6-15)7-18(25)26;/h1-2,8-10,12,15,18H,3-7,11H2,(H,28,29,30,33);1H. The topological polar surface area (TPSA) is 99.0 Å². The minimum Gasteiger partial charge on any atom is -0.473 e. The lowest BCUT2D eigenvalue weighted by atomic mass is 9.80. The number of anilines is 1. The predicted octanol–water partition coefficient (Wildman–Crippen LogP) is 3.98. The lowest BCUT2D eigenvalue weighted by Gasteiger charge is -2.35. The lowest BCUT2D eigenvalue weighted by molar-refractivity contribution is -0.117. The summed E-state index contributed by atoms with van der Waals surface area (Å²) in [7, 11) is 0. The molecule has 1 N–H and O–H groups in total. The smallest absolute Gasteiger partial charge is 0.275 e. The van der Waals surface area contributed by atoms with Crippen molar-refractivity contribution < 1.29 is 28.5 Å². The SMILES string of the molecule is O=C(Cn1nc(OC2CC(CC(F)F)C2)c2cc(C3(F)CC3)ccc2c1=O)Nc1ncc(F)cn1.[HH]. The Balaban J connectivity index is 0.00000304. The maximum Gasteiger partial charge on any atom is 0.275 e. The number of hydrogen-bond donors (Lipinski definition) is 1. The zero-order chi connectivity index (χ0) is 24.7. The minimum absolute atomic E-state index is 0. The van der Waals surface area contributed by atoms with E-state index in [9.17, 15) is 27.2 Å². The second-order valence-electron chi connectivity index (χ2n) is 8.97. The highest BCUT2D eigenvalue weighted by molar-refractivity contribution is 5.90. The summed E-state index contributed by atoms with van der Waals surface area (Å²) in [6.45, 7) is -0.515. The van der Waals surface area contributed by atoms with Gasteiger partial charge in [-0.15, -0.1) is 5.10 Å². The Kier molecular flexibility index (Phi) is 5.89. The number of ether oxygens (including phenoxy) is 1. The molecule has 12 heteroatoms. The van der Waals surface area contributed by atoms with E-state index in [1.807, 2.05) is 0 Å². The molecule has 1 aromatic carbocycles. The summed E-state index contributed by atoms with van der Waals surface area (Å²) in [6, 6.07) is 4.52. The van der Waals surface area contributed by atoms with Crippen LogP contribution in [-0.4, -0.2) is 38.2 Å². The van der Waals surface area contributed by atoms with Crippen LogP contribution in [0.3, 0.4) is 0 Å².